The van der Waals surface area contributed by atoms with Crippen molar-refractivity contribution in [2.24, 2.45) is 13.8 Å². The van der Waals surface area contributed by atoms with E-state index in [1.807, 2.05) is 6.04 Å². The molecule has 0 aliphatic rings. The zero-order chi connectivity index (χ0) is 6.24. The van der Waals surface area contributed by atoms with Gasteiger partial charge in [0.2, 0.25) is 0 Å². The molecular weight excluding hydrogens is 196 g/mol. The first-order chi connectivity index (χ1) is 3.91. The van der Waals surface area contributed by atoms with E-state index in [2.05, 4.69) is 44.9 Å². The zero-order valence-corrected chi connectivity index (χ0v) is 5.29. The van der Waals surface area contributed by atoms with Crippen LogP contribution in [0.25, 0.3) is 0 Å². The second-order valence-corrected chi connectivity index (χ2v) is 0.971. The summed E-state index contributed by atoms with van der Waals surface area (Å²) in [6, 6.07) is 6.36. The standard InChI is InChI=1S/C4HN3.Pd/c1-2-6-7-4-3-5;/h1H;. The molecule has 0 heterocycles. The Morgan fingerprint density at radius 1 is 1.25 bits per heavy atom. The molecule has 0 rings (SSSR count). The van der Waals surface area contributed by atoms with Crippen molar-refractivity contribution in [3.63, 3.8) is 0 Å². The molecule has 0 unspecified atom stereocenters. The number of rotatable bonds is 0. The molecule has 0 aliphatic carbocycles. The van der Waals surface area contributed by atoms with E-state index in [0.29, 0.717) is 0 Å². The van der Waals surface area contributed by atoms with Gasteiger partial charge in [-0.1, -0.05) is 0 Å². The average molecular weight is 197 g/mol. The number of azo groups is 1. The van der Waals surface area contributed by atoms with Gasteiger partial charge in [0.1, 0.15) is 0 Å². The summed E-state index contributed by atoms with van der Waals surface area (Å²) in [5, 5.41) is 6.30. The number of nitrogens with zero attached hydrogens (tertiary/aromatic N) is 3. The predicted molar refractivity (Wildman–Crippen MR) is 23.9 cm³/mol. The Balaban J connectivity index is 3.61. The van der Waals surface area contributed by atoms with Gasteiger partial charge in [0, 0.05) is 0 Å². The topological polar surface area (TPSA) is 37.1 Å². The van der Waals surface area contributed by atoms with Crippen LogP contribution >= 0.6 is 0 Å². The summed E-state index contributed by atoms with van der Waals surface area (Å²) in [5.41, 5.74) is 0. The van der Waals surface area contributed by atoms with Crippen molar-refractivity contribution < 1.29 is 19.0 Å². The molecule has 0 aromatic rings. The summed E-state index contributed by atoms with van der Waals surface area (Å²) in [6.07, 6.45) is 4.69. The quantitative estimate of drug-likeness (QED) is 0.311. The number of terminal acetylenes is 1. The molecule has 0 amide bonds. The first kappa shape index (κ1) is 7.18. The molecular formula is C4HN3Pd. The molecule has 0 saturated heterocycles. The molecule has 42 valence electrons. The van der Waals surface area contributed by atoms with Gasteiger partial charge in [-0.05, 0) is 0 Å². The SMILES string of the molecule is C#CN=NC#C[N]=[Pd]. The molecule has 0 N–H and O–H groups in total. The second-order valence-electron chi connectivity index (χ2n) is 0.623. The van der Waals surface area contributed by atoms with E-state index in [0.717, 1.165) is 0 Å². The number of hydrogen-bond donors (Lipinski definition) is 0. The van der Waals surface area contributed by atoms with Crippen molar-refractivity contribution in [1.82, 2.24) is 0 Å². The molecule has 0 fully saturated rings. The van der Waals surface area contributed by atoms with Crippen LogP contribution in [-0.2, 0) is 19.0 Å². The molecule has 4 heteroatoms. The van der Waals surface area contributed by atoms with Crippen molar-refractivity contribution in [3.05, 3.63) is 0 Å². The van der Waals surface area contributed by atoms with E-state index >= 15 is 0 Å². The molecule has 8 heavy (non-hydrogen) atoms. The maximum absolute atomic E-state index is 4.69. The summed E-state index contributed by atoms with van der Waals surface area (Å²) in [5.74, 6) is 0. The van der Waals surface area contributed by atoms with Crippen LogP contribution in [0, 0.1) is 24.6 Å². The fraction of sp³-hybridized carbons (Fsp3) is 0. The molecule has 0 radical (unpaired) electrons. The van der Waals surface area contributed by atoms with Crippen molar-refractivity contribution in [2.75, 3.05) is 0 Å². The molecule has 0 bridgehead atoms. The van der Waals surface area contributed by atoms with Crippen LogP contribution in [0.5, 0.6) is 0 Å². The van der Waals surface area contributed by atoms with Gasteiger partial charge >= 0.3 is 57.4 Å². The normalized spacial score (nSPS) is 7.12. The van der Waals surface area contributed by atoms with Crippen LogP contribution < -0.4 is 0 Å². The molecule has 0 spiro atoms. The third-order valence-corrected chi connectivity index (χ3v) is 0.417. The van der Waals surface area contributed by atoms with Crippen LogP contribution in [0.2, 0.25) is 0 Å². The number of hydrogen-bond acceptors (Lipinski definition) is 3. The third kappa shape index (κ3) is 5.18. The first-order valence-electron chi connectivity index (χ1n) is 1.55. The minimum absolute atomic E-state index is 1.93. The van der Waals surface area contributed by atoms with Crippen LogP contribution in [0.4, 0.5) is 0 Å². The van der Waals surface area contributed by atoms with Crippen LogP contribution in [0.15, 0.2) is 13.8 Å². The fourth-order valence-electron chi connectivity index (χ4n) is 0.0920. The van der Waals surface area contributed by atoms with Gasteiger partial charge in [-0.15, -0.1) is 0 Å². The maximum atomic E-state index is 4.69. The van der Waals surface area contributed by atoms with Gasteiger partial charge in [-0.3, -0.25) is 0 Å². The van der Waals surface area contributed by atoms with Crippen molar-refractivity contribution in [1.29, 1.82) is 0 Å². The van der Waals surface area contributed by atoms with Gasteiger partial charge in [0.05, 0.1) is 0 Å². The Labute approximate surface area is 57.8 Å². The summed E-state index contributed by atoms with van der Waals surface area (Å²) in [6.45, 7) is 0. The average Bonchev–Trinajstić information content (AvgIpc) is 1.81. The Bertz CT molecular complexity index is 190. The van der Waals surface area contributed by atoms with Crippen LogP contribution in [0.3, 0.4) is 0 Å². The van der Waals surface area contributed by atoms with E-state index in [-0.39, 0.29) is 0 Å². The Morgan fingerprint density at radius 3 is 2.50 bits per heavy atom. The summed E-state index contributed by atoms with van der Waals surface area (Å²) >= 11 is 2.47. The predicted octanol–water partition coefficient (Wildman–Crippen LogP) is 0.678. The Hall–Kier alpha value is -0.818. The third-order valence-electron chi connectivity index (χ3n) is 0.243. The van der Waals surface area contributed by atoms with E-state index < -0.39 is 0 Å². The van der Waals surface area contributed by atoms with Crippen LogP contribution in [0.1, 0.15) is 0 Å². The first-order valence-corrected chi connectivity index (χ1v) is 2.25. The Kier molecular flexibility index (Phi) is 5.55. The van der Waals surface area contributed by atoms with E-state index in [1.165, 1.54) is 0 Å². The van der Waals surface area contributed by atoms with E-state index in [4.69, 9.17) is 6.42 Å². The van der Waals surface area contributed by atoms with Crippen molar-refractivity contribution >= 4 is 0 Å². The molecule has 0 aromatic carbocycles. The van der Waals surface area contributed by atoms with Gasteiger partial charge in [-0.2, -0.15) is 0 Å². The van der Waals surface area contributed by atoms with Gasteiger partial charge in [0.15, 0.2) is 0 Å². The summed E-state index contributed by atoms with van der Waals surface area (Å²) < 4.78 is 3.27. The molecule has 0 atom stereocenters. The zero-order valence-electron chi connectivity index (χ0n) is 3.74. The summed E-state index contributed by atoms with van der Waals surface area (Å²) in [4.78, 5) is 0. The van der Waals surface area contributed by atoms with Crippen molar-refractivity contribution in [2.45, 2.75) is 0 Å². The fourth-order valence-corrected chi connectivity index (χ4v) is 0.170. The van der Waals surface area contributed by atoms with E-state index in [1.54, 1.807) is 0 Å². The van der Waals surface area contributed by atoms with Crippen LogP contribution in [-0.4, -0.2) is 0 Å². The van der Waals surface area contributed by atoms with Gasteiger partial charge in [-0.25, -0.2) is 0 Å². The second kappa shape index (κ2) is 6.18. The molecule has 0 aromatic heterocycles. The Morgan fingerprint density at radius 2 is 2.00 bits per heavy atom. The van der Waals surface area contributed by atoms with Gasteiger partial charge < -0.3 is 0 Å². The summed E-state index contributed by atoms with van der Waals surface area (Å²) in [7, 11) is 0. The minimum atomic E-state index is 1.93. The molecule has 3 nitrogen and oxygen atoms in total. The monoisotopic (exact) mass is 197 g/mol. The van der Waals surface area contributed by atoms with E-state index in [9.17, 15) is 0 Å². The van der Waals surface area contributed by atoms with Crippen molar-refractivity contribution in [3.8, 4) is 24.6 Å². The molecule has 0 saturated carbocycles. The molecule has 0 aliphatic heterocycles. The van der Waals surface area contributed by atoms with Gasteiger partial charge in [0.25, 0.3) is 0 Å².